The number of nitrogens with two attached hydrogens (primary N) is 1. The van der Waals surface area contributed by atoms with E-state index in [1.807, 2.05) is 6.07 Å². The van der Waals surface area contributed by atoms with Gasteiger partial charge in [-0.25, -0.2) is 9.59 Å². The van der Waals surface area contributed by atoms with Gasteiger partial charge in [0.1, 0.15) is 5.60 Å². The number of anilines is 1. The van der Waals surface area contributed by atoms with E-state index in [0.717, 1.165) is 5.56 Å². The van der Waals surface area contributed by atoms with Crippen molar-refractivity contribution in [3.63, 3.8) is 0 Å². The Labute approximate surface area is 135 Å². The van der Waals surface area contributed by atoms with Gasteiger partial charge in [0.15, 0.2) is 0 Å². The summed E-state index contributed by atoms with van der Waals surface area (Å²) in [5, 5.41) is 9.24. The zero-order chi connectivity index (χ0) is 17.2. The minimum Gasteiger partial charge on any atom is -0.465 e. The molecule has 2 rings (SSSR count). The molecule has 0 radical (unpaired) electrons. The molecule has 1 aliphatic rings. The van der Waals surface area contributed by atoms with Crippen molar-refractivity contribution in [2.45, 2.75) is 32.4 Å². The summed E-state index contributed by atoms with van der Waals surface area (Å²) in [7, 11) is 0. The molecule has 0 aliphatic carbocycles. The lowest BCUT2D eigenvalue weighted by Gasteiger charge is -2.41. The van der Waals surface area contributed by atoms with Crippen molar-refractivity contribution in [1.82, 2.24) is 9.80 Å². The molecule has 0 bridgehead atoms. The van der Waals surface area contributed by atoms with E-state index in [4.69, 9.17) is 10.5 Å². The Bertz CT molecular complexity index is 597. The minimum absolute atomic E-state index is 0.192. The number of hydrogen-bond donors (Lipinski definition) is 2. The molecule has 1 heterocycles. The van der Waals surface area contributed by atoms with Gasteiger partial charge < -0.3 is 20.5 Å². The number of nitrogen functional groups attached to an aromatic ring is 1. The van der Waals surface area contributed by atoms with Crippen LogP contribution in [-0.2, 0) is 4.74 Å². The zero-order valence-corrected chi connectivity index (χ0v) is 13.7. The van der Waals surface area contributed by atoms with Crippen LogP contribution in [0.15, 0.2) is 24.3 Å². The van der Waals surface area contributed by atoms with Gasteiger partial charge >= 0.3 is 12.2 Å². The highest BCUT2D eigenvalue weighted by molar-refractivity contribution is 5.70. The number of benzene rings is 1. The molecule has 7 nitrogen and oxygen atoms in total. The van der Waals surface area contributed by atoms with Crippen LogP contribution >= 0.6 is 0 Å². The maximum absolute atomic E-state index is 12.5. The van der Waals surface area contributed by atoms with Crippen molar-refractivity contribution >= 4 is 17.9 Å². The second-order valence-electron chi connectivity index (χ2n) is 6.59. The molecule has 23 heavy (non-hydrogen) atoms. The first-order valence-corrected chi connectivity index (χ1v) is 7.50. The van der Waals surface area contributed by atoms with Crippen LogP contribution in [0.5, 0.6) is 0 Å². The fourth-order valence-electron chi connectivity index (χ4n) is 2.55. The summed E-state index contributed by atoms with van der Waals surface area (Å²) in [6.07, 6.45) is -1.45. The Morgan fingerprint density at radius 2 is 2.00 bits per heavy atom. The zero-order valence-electron chi connectivity index (χ0n) is 13.7. The van der Waals surface area contributed by atoms with Gasteiger partial charge in [0, 0.05) is 25.3 Å². The van der Waals surface area contributed by atoms with Gasteiger partial charge in [-0.3, -0.25) is 4.90 Å². The van der Waals surface area contributed by atoms with Crippen LogP contribution in [0.1, 0.15) is 32.4 Å². The number of carbonyl (C=O) groups is 2. The molecule has 0 spiro atoms. The van der Waals surface area contributed by atoms with Gasteiger partial charge in [-0.1, -0.05) is 12.1 Å². The summed E-state index contributed by atoms with van der Waals surface area (Å²) < 4.78 is 5.44. The molecule has 1 fully saturated rings. The molecule has 0 aromatic heterocycles. The Balaban J connectivity index is 2.28. The monoisotopic (exact) mass is 321 g/mol. The van der Waals surface area contributed by atoms with Crippen LogP contribution in [0.3, 0.4) is 0 Å². The van der Waals surface area contributed by atoms with E-state index >= 15 is 0 Å². The summed E-state index contributed by atoms with van der Waals surface area (Å²) in [5.74, 6) is 0. The third-order valence-corrected chi connectivity index (χ3v) is 3.57. The number of hydrogen-bond acceptors (Lipinski definition) is 4. The van der Waals surface area contributed by atoms with E-state index in [1.165, 1.54) is 4.90 Å². The predicted octanol–water partition coefficient (Wildman–Crippen LogP) is 2.54. The fourth-order valence-corrected chi connectivity index (χ4v) is 2.55. The van der Waals surface area contributed by atoms with Crippen LogP contribution in [0.2, 0.25) is 0 Å². The van der Waals surface area contributed by atoms with Crippen molar-refractivity contribution in [2.75, 3.05) is 25.4 Å². The Morgan fingerprint density at radius 3 is 2.57 bits per heavy atom. The number of carbonyl (C=O) groups excluding carboxylic acids is 1. The van der Waals surface area contributed by atoms with Crippen LogP contribution in [0.4, 0.5) is 15.3 Å². The molecular weight excluding hydrogens is 298 g/mol. The molecule has 7 heteroatoms. The van der Waals surface area contributed by atoms with Crippen molar-refractivity contribution in [3.05, 3.63) is 29.8 Å². The van der Waals surface area contributed by atoms with Gasteiger partial charge in [0.2, 0.25) is 0 Å². The molecule has 1 aliphatic heterocycles. The molecule has 1 aromatic carbocycles. The molecule has 0 saturated carbocycles. The average molecular weight is 321 g/mol. The normalized spacial score (nSPS) is 18.7. The Hall–Kier alpha value is -2.44. The van der Waals surface area contributed by atoms with E-state index in [2.05, 4.69) is 0 Å². The number of nitrogens with zero attached hydrogens (tertiary/aromatic N) is 2. The lowest BCUT2D eigenvalue weighted by atomic mass is 10.0. The maximum atomic E-state index is 12.5. The highest BCUT2D eigenvalue weighted by Crippen LogP contribution is 2.28. The highest BCUT2D eigenvalue weighted by Gasteiger charge is 2.35. The predicted molar refractivity (Wildman–Crippen MR) is 86.1 cm³/mol. The lowest BCUT2D eigenvalue weighted by molar-refractivity contribution is -0.000586. The van der Waals surface area contributed by atoms with Crippen LogP contribution < -0.4 is 5.73 Å². The number of rotatable bonds is 1. The van der Waals surface area contributed by atoms with E-state index < -0.39 is 23.8 Å². The molecule has 1 unspecified atom stereocenters. The smallest absolute Gasteiger partial charge is 0.410 e. The first kappa shape index (κ1) is 16.9. The number of ether oxygens (including phenoxy) is 1. The third kappa shape index (κ3) is 4.28. The summed E-state index contributed by atoms with van der Waals surface area (Å²) >= 11 is 0. The van der Waals surface area contributed by atoms with Crippen LogP contribution in [-0.4, -0.2) is 52.3 Å². The third-order valence-electron chi connectivity index (χ3n) is 3.57. The van der Waals surface area contributed by atoms with E-state index in [9.17, 15) is 14.7 Å². The average Bonchev–Trinajstić information content (AvgIpc) is 2.44. The second-order valence-corrected chi connectivity index (χ2v) is 6.59. The molecule has 1 saturated heterocycles. The molecule has 126 valence electrons. The fraction of sp³-hybridized carbons (Fsp3) is 0.500. The summed E-state index contributed by atoms with van der Waals surface area (Å²) in [5.41, 5.74) is 6.57. The number of carboxylic acid groups (broad SMARTS) is 1. The maximum Gasteiger partial charge on any atom is 0.410 e. The standard InChI is InChI=1S/C16H23N3O4/c1-16(2,3)23-15(22)19-8-7-18(14(20)21)10-13(19)11-5-4-6-12(17)9-11/h4-6,9,13H,7-8,10,17H2,1-3H3,(H,20,21). The Kier molecular flexibility index (Phi) is 4.68. The van der Waals surface area contributed by atoms with E-state index in [0.29, 0.717) is 5.69 Å². The summed E-state index contributed by atoms with van der Waals surface area (Å²) in [6, 6.07) is 6.71. The second kappa shape index (κ2) is 6.36. The minimum atomic E-state index is -0.997. The van der Waals surface area contributed by atoms with Crippen molar-refractivity contribution in [2.24, 2.45) is 0 Å². The first-order chi connectivity index (χ1) is 10.7. The van der Waals surface area contributed by atoms with Gasteiger partial charge in [-0.15, -0.1) is 0 Å². The molecule has 2 amide bonds. The van der Waals surface area contributed by atoms with Crippen LogP contribution in [0.25, 0.3) is 0 Å². The van der Waals surface area contributed by atoms with Gasteiger partial charge in [0.25, 0.3) is 0 Å². The van der Waals surface area contributed by atoms with Gasteiger partial charge in [0.05, 0.1) is 6.04 Å². The SMILES string of the molecule is CC(C)(C)OC(=O)N1CCN(C(=O)O)CC1c1cccc(N)c1. The largest absolute Gasteiger partial charge is 0.465 e. The molecule has 1 atom stereocenters. The van der Waals surface area contributed by atoms with Gasteiger partial charge in [-0.05, 0) is 38.5 Å². The quantitative estimate of drug-likeness (QED) is 0.775. The van der Waals surface area contributed by atoms with Crippen molar-refractivity contribution in [1.29, 1.82) is 0 Å². The summed E-state index contributed by atoms with van der Waals surface area (Å²) in [6.45, 7) is 6.13. The summed E-state index contributed by atoms with van der Waals surface area (Å²) in [4.78, 5) is 26.6. The first-order valence-electron chi connectivity index (χ1n) is 7.50. The Morgan fingerprint density at radius 1 is 1.30 bits per heavy atom. The van der Waals surface area contributed by atoms with Crippen molar-refractivity contribution in [3.8, 4) is 0 Å². The topological polar surface area (TPSA) is 96.1 Å². The van der Waals surface area contributed by atoms with Gasteiger partial charge in [-0.2, -0.15) is 0 Å². The number of amides is 2. The molecule has 1 aromatic rings. The highest BCUT2D eigenvalue weighted by atomic mass is 16.6. The van der Waals surface area contributed by atoms with E-state index in [1.54, 1.807) is 43.9 Å². The molecular formula is C16H23N3O4. The number of piperazine rings is 1. The van der Waals surface area contributed by atoms with E-state index in [-0.39, 0.29) is 19.6 Å². The van der Waals surface area contributed by atoms with Crippen LogP contribution in [0, 0.1) is 0 Å². The molecule has 3 N–H and O–H groups in total. The lowest BCUT2D eigenvalue weighted by Crippen LogP contribution is -2.53. The van der Waals surface area contributed by atoms with Crippen molar-refractivity contribution < 1.29 is 19.4 Å².